The van der Waals surface area contributed by atoms with Crippen molar-refractivity contribution in [3.63, 3.8) is 0 Å². The van der Waals surface area contributed by atoms with Crippen molar-refractivity contribution in [1.29, 1.82) is 0 Å². The first kappa shape index (κ1) is 20.4. The van der Waals surface area contributed by atoms with E-state index in [2.05, 4.69) is 4.72 Å². The Hall–Kier alpha value is -2.90. The van der Waals surface area contributed by atoms with E-state index in [-0.39, 0.29) is 16.7 Å². The molecular formula is C23H24N2O4S. The van der Waals surface area contributed by atoms with Crippen molar-refractivity contribution in [1.82, 2.24) is 9.62 Å². The van der Waals surface area contributed by atoms with Crippen LogP contribution in [-0.4, -0.2) is 38.9 Å². The molecule has 1 saturated heterocycles. The second kappa shape index (κ2) is 8.85. The highest BCUT2D eigenvalue weighted by Crippen LogP contribution is 2.21. The van der Waals surface area contributed by atoms with Crippen molar-refractivity contribution in [2.75, 3.05) is 19.6 Å². The highest BCUT2D eigenvalue weighted by Gasteiger charge is 2.23. The molecule has 156 valence electrons. The summed E-state index contributed by atoms with van der Waals surface area (Å²) in [6, 6.07) is 16.4. The van der Waals surface area contributed by atoms with Crippen LogP contribution in [0.2, 0.25) is 0 Å². The molecule has 1 N–H and O–H groups in total. The lowest BCUT2D eigenvalue weighted by atomic mass is 9.97. The quantitative estimate of drug-likeness (QED) is 0.613. The number of nitrogens with one attached hydrogen (secondary N) is 1. The molecule has 2 aromatic carbocycles. The second-order valence-electron chi connectivity index (χ2n) is 7.48. The smallest absolute Gasteiger partial charge is 0.246 e. The normalized spacial score (nSPS) is 15.8. The average molecular weight is 425 g/mol. The van der Waals surface area contributed by atoms with E-state index in [1.165, 1.54) is 6.08 Å². The molecule has 4 rings (SSSR count). The second-order valence-corrected chi connectivity index (χ2v) is 9.25. The zero-order valence-electron chi connectivity index (χ0n) is 16.5. The summed E-state index contributed by atoms with van der Waals surface area (Å²) in [4.78, 5) is 14.4. The summed E-state index contributed by atoms with van der Waals surface area (Å²) in [5, 5.41) is 1.91. The Morgan fingerprint density at radius 3 is 2.57 bits per heavy atom. The average Bonchev–Trinajstić information content (AvgIpc) is 3.30. The number of amides is 1. The molecule has 30 heavy (non-hydrogen) atoms. The monoisotopic (exact) mass is 424 g/mol. The Morgan fingerprint density at radius 2 is 1.83 bits per heavy atom. The Morgan fingerprint density at radius 1 is 1.07 bits per heavy atom. The summed E-state index contributed by atoms with van der Waals surface area (Å²) in [5.41, 5.74) is 0. The van der Waals surface area contributed by atoms with E-state index in [9.17, 15) is 13.2 Å². The SMILES string of the molecule is O=C(/C=C/c1ccco1)N1CCC(CNS(=O)(=O)c2ccc3ccccc3c2)CC1. The number of fused-ring (bicyclic) bond motifs is 1. The fourth-order valence-corrected chi connectivity index (χ4v) is 4.80. The first-order valence-corrected chi connectivity index (χ1v) is 11.5. The van der Waals surface area contributed by atoms with Crippen LogP contribution < -0.4 is 4.72 Å². The fourth-order valence-electron chi connectivity index (χ4n) is 3.65. The molecule has 1 amide bonds. The number of piperidine rings is 1. The van der Waals surface area contributed by atoms with E-state index < -0.39 is 10.0 Å². The molecule has 1 aliphatic heterocycles. The van der Waals surface area contributed by atoms with E-state index in [4.69, 9.17) is 4.42 Å². The van der Waals surface area contributed by atoms with Gasteiger partial charge in [0.1, 0.15) is 5.76 Å². The van der Waals surface area contributed by atoms with Gasteiger partial charge in [0.2, 0.25) is 15.9 Å². The van der Waals surface area contributed by atoms with E-state index in [1.807, 2.05) is 30.3 Å². The maximum Gasteiger partial charge on any atom is 0.246 e. The van der Waals surface area contributed by atoms with Gasteiger partial charge in [-0.05, 0) is 59.9 Å². The molecule has 0 unspecified atom stereocenters. The molecular weight excluding hydrogens is 400 g/mol. The molecule has 0 bridgehead atoms. The highest BCUT2D eigenvalue weighted by molar-refractivity contribution is 7.89. The lowest BCUT2D eigenvalue weighted by Gasteiger charge is -2.31. The van der Waals surface area contributed by atoms with Gasteiger partial charge in [-0.1, -0.05) is 30.3 Å². The minimum Gasteiger partial charge on any atom is -0.465 e. The van der Waals surface area contributed by atoms with Crippen molar-refractivity contribution in [2.24, 2.45) is 5.92 Å². The van der Waals surface area contributed by atoms with Gasteiger partial charge in [-0.2, -0.15) is 0 Å². The van der Waals surface area contributed by atoms with Crippen LogP contribution in [0.15, 0.2) is 76.2 Å². The Balaban J connectivity index is 1.30. The molecule has 6 nitrogen and oxygen atoms in total. The maximum absolute atomic E-state index is 12.7. The largest absolute Gasteiger partial charge is 0.465 e. The Kier molecular flexibility index (Phi) is 6.01. The molecule has 0 spiro atoms. The maximum atomic E-state index is 12.7. The van der Waals surface area contributed by atoms with Crippen LogP contribution in [0.5, 0.6) is 0 Å². The number of carbonyl (C=O) groups is 1. The third kappa shape index (κ3) is 4.80. The predicted octanol–water partition coefficient (Wildman–Crippen LogP) is 3.66. The van der Waals surface area contributed by atoms with Crippen molar-refractivity contribution in [3.8, 4) is 0 Å². The van der Waals surface area contributed by atoms with Crippen LogP contribution >= 0.6 is 0 Å². The summed E-state index contributed by atoms with van der Waals surface area (Å²) in [6.45, 7) is 1.60. The van der Waals surface area contributed by atoms with Crippen LogP contribution in [0.25, 0.3) is 16.8 Å². The Bertz CT molecular complexity index is 1140. The zero-order chi connectivity index (χ0) is 21.0. The number of hydrogen-bond acceptors (Lipinski definition) is 4. The van der Waals surface area contributed by atoms with Crippen LogP contribution in [0.3, 0.4) is 0 Å². The first-order chi connectivity index (χ1) is 14.5. The minimum absolute atomic E-state index is 0.0541. The summed E-state index contributed by atoms with van der Waals surface area (Å²) < 4.78 is 33.3. The van der Waals surface area contributed by atoms with Crippen LogP contribution in [0.4, 0.5) is 0 Å². The molecule has 0 aliphatic carbocycles. The van der Waals surface area contributed by atoms with Gasteiger partial charge < -0.3 is 9.32 Å². The topological polar surface area (TPSA) is 79.6 Å². The number of rotatable bonds is 6. The number of benzene rings is 2. The van der Waals surface area contributed by atoms with Crippen LogP contribution in [0, 0.1) is 5.92 Å². The van der Waals surface area contributed by atoms with Crippen LogP contribution in [-0.2, 0) is 14.8 Å². The number of nitrogens with zero attached hydrogens (tertiary/aromatic N) is 1. The third-order valence-electron chi connectivity index (χ3n) is 5.45. The standard InChI is InChI=1S/C23H24N2O4S/c26-23(10-8-21-6-3-15-29-21)25-13-11-18(12-14-25)17-24-30(27,28)22-9-7-19-4-1-2-5-20(19)16-22/h1-10,15-16,18,24H,11-14,17H2/b10-8+. The van der Waals surface area contributed by atoms with Gasteiger partial charge in [0, 0.05) is 25.7 Å². The number of furan rings is 1. The van der Waals surface area contributed by atoms with E-state index in [0.717, 1.165) is 23.6 Å². The minimum atomic E-state index is -3.57. The van der Waals surface area contributed by atoms with E-state index >= 15 is 0 Å². The fraction of sp³-hybridized carbons (Fsp3) is 0.261. The first-order valence-electron chi connectivity index (χ1n) is 10.0. The van der Waals surface area contributed by atoms with Gasteiger partial charge in [0.05, 0.1) is 11.2 Å². The summed E-state index contributed by atoms with van der Waals surface area (Å²) in [5.74, 6) is 0.793. The Labute approximate surface area is 176 Å². The van der Waals surface area contributed by atoms with Crippen LogP contribution in [0.1, 0.15) is 18.6 Å². The van der Waals surface area contributed by atoms with Crippen molar-refractivity contribution >= 4 is 32.8 Å². The van der Waals surface area contributed by atoms with Gasteiger partial charge >= 0.3 is 0 Å². The van der Waals surface area contributed by atoms with E-state index in [0.29, 0.717) is 25.4 Å². The molecule has 3 aromatic rings. The number of carbonyl (C=O) groups excluding carboxylic acids is 1. The van der Waals surface area contributed by atoms with Gasteiger partial charge in [-0.3, -0.25) is 4.79 Å². The van der Waals surface area contributed by atoms with Crippen molar-refractivity contribution < 1.29 is 17.6 Å². The highest BCUT2D eigenvalue weighted by atomic mass is 32.2. The number of hydrogen-bond donors (Lipinski definition) is 1. The zero-order valence-corrected chi connectivity index (χ0v) is 17.3. The summed E-state index contributed by atoms with van der Waals surface area (Å²) in [6.07, 6.45) is 6.27. The van der Waals surface area contributed by atoms with Gasteiger partial charge in [-0.15, -0.1) is 0 Å². The molecule has 1 fully saturated rings. The van der Waals surface area contributed by atoms with E-state index in [1.54, 1.807) is 41.5 Å². The molecule has 1 aromatic heterocycles. The van der Waals surface area contributed by atoms with Gasteiger partial charge in [0.15, 0.2) is 0 Å². The molecule has 1 aliphatic rings. The molecule has 7 heteroatoms. The van der Waals surface area contributed by atoms with Gasteiger partial charge in [0.25, 0.3) is 0 Å². The van der Waals surface area contributed by atoms with Crippen molar-refractivity contribution in [3.05, 3.63) is 72.7 Å². The van der Waals surface area contributed by atoms with Gasteiger partial charge in [-0.25, -0.2) is 13.1 Å². The molecule has 0 atom stereocenters. The lowest BCUT2D eigenvalue weighted by Crippen LogP contribution is -2.40. The molecule has 0 radical (unpaired) electrons. The third-order valence-corrected chi connectivity index (χ3v) is 6.87. The lowest BCUT2D eigenvalue weighted by molar-refractivity contribution is -0.127. The number of sulfonamides is 1. The predicted molar refractivity (Wildman–Crippen MR) is 116 cm³/mol. The summed E-state index contributed by atoms with van der Waals surface area (Å²) in [7, 11) is -3.57. The molecule has 2 heterocycles. The van der Waals surface area contributed by atoms with Crippen molar-refractivity contribution in [2.45, 2.75) is 17.7 Å². The molecule has 0 saturated carbocycles. The number of likely N-dealkylation sites (tertiary alicyclic amines) is 1. The summed E-state index contributed by atoms with van der Waals surface area (Å²) >= 11 is 0.